The summed E-state index contributed by atoms with van der Waals surface area (Å²) in [6.45, 7) is 6.06. The van der Waals surface area contributed by atoms with Crippen molar-refractivity contribution < 1.29 is 13.9 Å². The molecule has 1 fully saturated rings. The van der Waals surface area contributed by atoms with Gasteiger partial charge >= 0.3 is 6.09 Å². The van der Waals surface area contributed by atoms with Crippen molar-refractivity contribution >= 4 is 17.6 Å². The van der Waals surface area contributed by atoms with Crippen molar-refractivity contribution in [1.29, 1.82) is 0 Å². The summed E-state index contributed by atoms with van der Waals surface area (Å²) < 4.78 is 21.0. The Morgan fingerprint density at radius 3 is 2.68 bits per heavy atom. The minimum absolute atomic E-state index is 0.136. The van der Waals surface area contributed by atoms with Crippen LogP contribution in [-0.2, 0) is 4.74 Å². The van der Waals surface area contributed by atoms with Gasteiger partial charge < -0.3 is 14.5 Å². The number of fused-ring (bicyclic) bond motifs is 1. The number of anilines is 1. The third kappa shape index (κ3) is 3.47. The van der Waals surface area contributed by atoms with E-state index < -0.39 is 5.95 Å². The molecule has 3 aromatic rings. The van der Waals surface area contributed by atoms with Gasteiger partial charge in [0.25, 0.3) is 0 Å². The minimum atomic E-state index is -0.554. The lowest BCUT2D eigenvalue weighted by Crippen LogP contribution is -2.49. The van der Waals surface area contributed by atoms with Gasteiger partial charge in [0.1, 0.15) is 5.82 Å². The number of rotatable bonds is 3. The van der Waals surface area contributed by atoms with Crippen LogP contribution >= 0.6 is 0 Å². The number of carbonyl (C=O) groups excluding carboxylic acids is 1. The zero-order valence-corrected chi connectivity index (χ0v) is 15.7. The fraction of sp³-hybridized carbons (Fsp3) is 0.368. The van der Waals surface area contributed by atoms with E-state index in [0.29, 0.717) is 43.0 Å². The largest absolute Gasteiger partial charge is 0.447 e. The van der Waals surface area contributed by atoms with Gasteiger partial charge in [-0.05, 0) is 32.0 Å². The molecule has 4 heterocycles. The Morgan fingerprint density at radius 1 is 1.18 bits per heavy atom. The molecule has 0 radical (unpaired) electrons. The highest BCUT2D eigenvalue weighted by atomic mass is 19.1. The van der Waals surface area contributed by atoms with Crippen LogP contribution in [-0.4, -0.2) is 62.9 Å². The van der Waals surface area contributed by atoms with Crippen molar-refractivity contribution in [2.75, 3.05) is 31.1 Å². The molecule has 0 bridgehead atoms. The fourth-order valence-electron chi connectivity index (χ4n) is 3.21. The molecule has 3 aromatic heterocycles. The first-order valence-electron chi connectivity index (χ1n) is 9.18. The number of halogens is 1. The van der Waals surface area contributed by atoms with Gasteiger partial charge in [-0.1, -0.05) is 0 Å². The van der Waals surface area contributed by atoms with Gasteiger partial charge in [0.2, 0.25) is 5.95 Å². The molecule has 8 nitrogen and oxygen atoms in total. The Hall–Kier alpha value is -3.23. The van der Waals surface area contributed by atoms with Crippen LogP contribution in [0.1, 0.15) is 13.8 Å². The smallest absolute Gasteiger partial charge is 0.410 e. The highest BCUT2D eigenvalue weighted by molar-refractivity contribution is 5.77. The summed E-state index contributed by atoms with van der Waals surface area (Å²) in [7, 11) is 0. The number of piperazine rings is 1. The number of pyridine rings is 1. The van der Waals surface area contributed by atoms with Gasteiger partial charge in [0.15, 0.2) is 5.65 Å². The van der Waals surface area contributed by atoms with Gasteiger partial charge in [0, 0.05) is 44.1 Å². The molecule has 1 aliphatic rings. The SMILES string of the molecule is CC(C)OC(=O)N1CCN(c2ccn3ncc(-c4cccnc4F)c3n2)CC1. The first kappa shape index (κ1) is 18.1. The van der Waals surface area contributed by atoms with Crippen LogP contribution in [0.4, 0.5) is 15.0 Å². The number of aromatic nitrogens is 4. The Morgan fingerprint density at radius 2 is 1.96 bits per heavy atom. The molecule has 0 spiro atoms. The van der Waals surface area contributed by atoms with E-state index in [1.54, 1.807) is 33.9 Å². The summed E-state index contributed by atoms with van der Waals surface area (Å²) in [5.74, 6) is 0.206. The molecule has 0 unspecified atom stereocenters. The van der Waals surface area contributed by atoms with Crippen molar-refractivity contribution in [1.82, 2.24) is 24.5 Å². The Balaban J connectivity index is 1.55. The van der Waals surface area contributed by atoms with Crippen molar-refractivity contribution in [2.24, 2.45) is 0 Å². The predicted octanol–water partition coefficient (Wildman–Crippen LogP) is 2.60. The van der Waals surface area contributed by atoms with E-state index in [0.717, 1.165) is 5.82 Å². The molecule has 1 aliphatic heterocycles. The first-order chi connectivity index (χ1) is 13.5. The van der Waals surface area contributed by atoms with E-state index in [2.05, 4.69) is 15.0 Å². The number of nitrogens with zero attached hydrogens (tertiary/aromatic N) is 6. The average Bonchev–Trinajstić information content (AvgIpc) is 3.11. The lowest BCUT2D eigenvalue weighted by Gasteiger charge is -2.35. The molecule has 0 aliphatic carbocycles. The number of hydrogen-bond acceptors (Lipinski definition) is 6. The highest BCUT2D eigenvalue weighted by Crippen LogP contribution is 2.26. The normalized spacial score (nSPS) is 14.7. The monoisotopic (exact) mass is 384 g/mol. The third-order valence-electron chi connectivity index (χ3n) is 4.60. The maximum atomic E-state index is 14.1. The topological polar surface area (TPSA) is 75.9 Å². The van der Waals surface area contributed by atoms with E-state index in [1.165, 1.54) is 6.20 Å². The lowest BCUT2D eigenvalue weighted by atomic mass is 10.1. The summed E-state index contributed by atoms with van der Waals surface area (Å²) in [5.41, 5.74) is 1.51. The summed E-state index contributed by atoms with van der Waals surface area (Å²) in [5, 5.41) is 4.26. The maximum Gasteiger partial charge on any atom is 0.410 e. The molecule has 9 heteroatoms. The average molecular weight is 384 g/mol. The Kier molecular flexibility index (Phi) is 4.81. The second-order valence-corrected chi connectivity index (χ2v) is 6.86. The predicted molar refractivity (Wildman–Crippen MR) is 102 cm³/mol. The van der Waals surface area contributed by atoms with Crippen LogP contribution in [0.15, 0.2) is 36.8 Å². The Labute approximate surface area is 161 Å². The van der Waals surface area contributed by atoms with Crippen molar-refractivity contribution in [2.45, 2.75) is 20.0 Å². The quantitative estimate of drug-likeness (QED) is 0.646. The standard InChI is InChI=1S/C19H21FN6O2/c1-13(2)28-19(27)25-10-8-24(9-11-25)16-5-7-26-18(23-16)15(12-22-26)14-4-3-6-21-17(14)20/h3-7,12-13H,8-11H2,1-2H3. The fourth-order valence-corrected chi connectivity index (χ4v) is 3.21. The van der Waals surface area contributed by atoms with E-state index in [-0.39, 0.29) is 12.2 Å². The lowest BCUT2D eigenvalue weighted by molar-refractivity contribution is 0.0751. The molecular weight excluding hydrogens is 363 g/mol. The van der Waals surface area contributed by atoms with E-state index in [9.17, 15) is 9.18 Å². The first-order valence-corrected chi connectivity index (χ1v) is 9.18. The van der Waals surface area contributed by atoms with Crippen LogP contribution in [0.2, 0.25) is 0 Å². The van der Waals surface area contributed by atoms with Crippen LogP contribution in [0.5, 0.6) is 0 Å². The van der Waals surface area contributed by atoms with Crippen LogP contribution < -0.4 is 4.90 Å². The molecular formula is C19H21FN6O2. The number of amides is 1. The summed E-state index contributed by atoms with van der Waals surface area (Å²) >= 11 is 0. The molecule has 0 aromatic carbocycles. The second-order valence-electron chi connectivity index (χ2n) is 6.86. The third-order valence-corrected chi connectivity index (χ3v) is 4.60. The summed E-state index contributed by atoms with van der Waals surface area (Å²) in [6, 6.07) is 5.21. The molecule has 146 valence electrons. The van der Waals surface area contributed by atoms with Gasteiger partial charge in [-0.25, -0.2) is 19.3 Å². The van der Waals surface area contributed by atoms with Gasteiger partial charge in [-0.3, -0.25) is 0 Å². The minimum Gasteiger partial charge on any atom is -0.447 e. The van der Waals surface area contributed by atoms with Crippen molar-refractivity contribution in [3.8, 4) is 11.1 Å². The second kappa shape index (κ2) is 7.41. The van der Waals surface area contributed by atoms with Crippen molar-refractivity contribution in [3.05, 3.63) is 42.7 Å². The number of hydrogen-bond donors (Lipinski definition) is 0. The van der Waals surface area contributed by atoms with Crippen LogP contribution in [0.3, 0.4) is 0 Å². The van der Waals surface area contributed by atoms with E-state index >= 15 is 0 Å². The molecule has 1 amide bonds. The molecule has 0 atom stereocenters. The van der Waals surface area contributed by atoms with Gasteiger partial charge in [0.05, 0.1) is 17.9 Å². The van der Waals surface area contributed by atoms with E-state index in [1.807, 2.05) is 19.9 Å². The summed E-state index contributed by atoms with van der Waals surface area (Å²) in [4.78, 5) is 24.2. The van der Waals surface area contributed by atoms with Crippen molar-refractivity contribution in [3.63, 3.8) is 0 Å². The van der Waals surface area contributed by atoms with Crippen LogP contribution in [0, 0.1) is 5.95 Å². The zero-order valence-electron chi connectivity index (χ0n) is 15.7. The number of ether oxygens (including phenoxy) is 1. The molecule has 0 N–H and O–H groups in total. The van der Waals surface area contributed by atoms with E-state index in [4.69, 9.17) is 9.72 Å². The van der Waals surface area contributed by atoms with Crippen LogP contribution in [0.25, 0.3) is 16.8 Å². The molecule has 0 saturated carbocycles. The van der Waals surface area contributed by atoms with Gasteiger partial charge in [-0.15, -0.1) is 0 Å². The maximum absolute atomic E-state index is 14.1. The summed E-state index contributed by atoms with van der Waals surface area (Å²) in [6.07, 6.45) is 4.37. The highest BCUT2D eigenvalue weighted by Gasteiger charge is 2.24. The van der Waals surface area contributed by atoms with Gasteiger partial charge in [-0.2, -0.15) is 9.49 Å². The molecule has 1 saturated heterocycles. The number of carbonyl (C=O) groups is 1. The zero-order chi connectivity index (χ0) is 19.7. The Bertz CT molecular complexity index is 997. The molecule has 4 rings (SSSR count). The molecule has 28 heavy (non-hydrogen) atoms.